The Bertz CT molecular complexity index is 1240. The molecule has 3 aromatic rings. The highest BCUT2D eigenvalue weighted by Gasteiger charge is 2.30. The van der Waals surface area contributed by atoms with Gasteiger partial charge < -0.3 is 5.73 Å². The van der Waals surface area contributed by atoms with E-state index in [1.54, 1.807) is 0 Å². The molecule has 2 aromatic heterocycles. The predicted octanol–water partition coefficient (Wildman–Crippen LogP) is 1.33. The van der Waals surface area contributed by atoms with Gasteiger partial charge in [0.05, 0.1) is 5.56 Å². The average Bonchev–Trinajstić information content (AvgIpc) is 3.12. The molecule has 1 aromatic carbocycles. The van der Waals surface area contributed by atoms with E-state index in [1.807, 2.05) is 13.8 Å². The van der Waals surface area contributed by atoms with Crippen LogP contribution in [0.15, 0.2) is 33.9 Å². The number of hydrogen-bond donors (Lipinski definition) is 2. The van der Waals surface area contributed by atoms with Crippen LogP contribution in [0.25, 0.3) is 11.4 Å². The maximum absolute atomic E-state index is 12.9. The minimum absolute atomic E-state index is 0.0147. The number of aromatic amines is 1. The van der Waals surface area contributed by atoms with Gasteiger partial charge in [-0.15, -0.1) is 10.2 Å². The maximum atomic E-state index is 12.9. The molecule has 0 radical (unpaired) electrons. The Hall–Kier alpha value is -3.77. The number of benzene rings is 1. The van der Waals surface area contributed by atoms with Crippen LogP contribution in [0.1, 0.15) is 29.8 Å². The molecule has 0 bridgehead atoms. The Morgan fingerprint density at radius 2 is 1.97 bits per heavy atom. The number of aromatic nitrogens is 6. The molecular formula is C18H18F3N7O3. The normalized spacial score (nSPS) is 11.8. The van der Waals surface area contributed by atoms with Crippen molar-refractivity contribution in [3.05, 3.63) is 56.2 Å². The molecular weight excluding hydrogens is 419 g/mol. The number of Topliss-reactive ketones (excluding diaryl/α,β-unsaturated/α-hetero) is 1. The molecule has 0 spiro atoms. The van der Waals surface area contributed by atoms with E-state index in [-0.39, 0.29) is 29.7 Å². The molecule has 0 fully saturated rings. The summed E-state index contributed by atoms with van der Waals surface area (Å²) in [5.74, 6) is -1.19. The van der Waals surface area contributed by atoms with E-state index in [1.165, 1.54) is 12.1 Å². The fraction of sp³-hybridized carbons (Fsp3) is 0.333. The lowest BCUT2D eigenvalue weighted by Gasteiger charge is -2.13. The zero-order valence-electron chi connectivity index (χ0n) is 16.5. The van der Waals surface area contributed by atoms with Gasteiger partial charge in [0.15, 0.2) is 5.78 Å². The van der Waals surface area contributed by atoms with Gasteiger partial charge in [0.25, 0.3) is 5.56 Å². The van der Waals surface area contributed by atoms with E-state index in [0.717, 1.165) is 21.5 Å². The van der Waals surface area contributed by atoms with Crippen molar-refractivity contribution < 1.29 is 18.0 Å². The van der Waals surface area contributed by atoms with Crippen molar-refractivity contribution in [1.82, 2.24) is 29.8 Å². The third kappa shape index (κ3) is 4.70. The smallest absolute Gasteiger partial charge is 0.384 e. The molecule has 31 heavy (non-hydrogen) atoms. The van der Waals surface area contributed by atoms with Crippen molar-refractivity contribution in [1.29, 1.82) is 0 Å². The summed E-state index contributed by atoms with van der Waals surface area (Å²) in [6, 6.07) is 4.32. The van der Waals surface area contributed by atoms with Gasteiger partial charge in [-0.3, -0.25) is 19.1 Å². The zero-order valence-corrected chi connectivity index (χ0v) is 16.5. The molecule has 3 N–H and O–H groups in total. The molecule has 0 aliphatic rings. The van der Waals surface area contributed by atoms with Crippen LogP contribution < -0.4 is 17.0 Å². The first-order valence-electron chi connectivity index (χ1n) is 9.08. The largest absolute Gasteiger partial charge is 0.416 e. The quantitative estimate of drug-likeness (QED) is 0.554. The first kappa shape index (κ1) is 21.9. The van der Waals surface area contributed by atoms with Crippen LogP contribution in [0.4, 0.5) is 19.0 Å². The van der Waals surface area contributed by atoms with Crippen LogP contribution >= 0.6 is 0 Å². The van der Waals surface area contributed by atoms with Crippen LogP contribution in [-0.4, -0.2) is 35.5 Å². The number of nitrogens with one attached hydrogen (secondary N) is 1. The summed E-state index contributed by atoms with van der Waals surface area (Å²) in [7, 11) is 0. The number of halogens is 3. The summed E-state index contributed by atoms with van der Waals surface area (Å²) >= 11 is 0. The minimum atomic E-state index is -4.54. The summed E-state index contributed by atoms with van der Waals surface area (Å²) in [4.78, 5) is 39.7. The van der Waals surface area contributed by atoms with Crippen molar-refractivity contribution in [2.24, 2.45) is 5.92 Å². The monoisotopic (exact) mass is 437 g/mol. The van der Waals surface area contributed by atoms with E-state index in [4.69, 9.17) is 5.73 Å². The van der Waals surface area contributed by atoms with Gasteiger partial charge in [-0.25, -0.2) is 4.79 Å². The van der Waals surface area contributed by atoms with Crippen LogP contribution in [0.2, 0.25) is 0 Å². The Balaban J connectivity index is 1.89. The number of carbonyl (C=O) groups excluding carboxylic acids is 1. The summed E-state index contributed by atoms with van der Waals surface area (Å²) in [5.41, 5.74) is 2.94. The fourth-order valence-electron chi connectivity index (χ4n) is 2.87. The van der Waals surface area contributed by atoms with Gasteiger partial charge >= 0.3 is 11.9 Å². The highest BCUT2D eigenvalue weighted by atomic mass is 19.4. The minimum Gasteiger partial charge on any atom is -0.384 e. The Kier molecular flexibility index (Phi) is 5.77. The molecule has 2 heterocycles. The van der Waals surface area contributed by atoms with Crippen LogP contribution in [0.3, 0.4) is 0 Å². The number of rotatable bonds is 6. The van der Waals surface area contributed by atoms with Gasteiger partial charge in [0.1, 0.15) is 17.9 Å². The molecule has 0 saturated carbocycles. The number of tetrazole rings is 1. The summed E-state index contributed by atoms with van der Waals surface area (Å²) in [5, 5.41) is 11.2. The number of nitrogens with two attached hydrogens (primary N) is 1. The molecule has 0 amide bonds. The number of nitrogen functional groups attached to an aromatic ring is 1. The standard InChI is InChI=1S/C18H18F3N7O3/c1-9(2)7-27-14(22)13(16(30)23-17(27)31)12(29)8-28-25-15(24-26-28)10-4-3-5-11(6-10)18(19,20)21/h3-6,9H,7-8,22H2,1-2H3,(H,23,30,31). The number of alkyl halides is 3. The number of nitrogens with zero attached hydrogens (tertiary/aromatic N) is 5. The van der Waals surface area contributed by atoms with Crippen LogP contribution in [0, 0.1) is 5.92 Å². The first-order chi connectivity index (χ1) is 14.5. The molecule has 0 saturated heterocycles. The molecule has 0 aliphatic carbocycles. The highest BCUT2D eigenvalue weighted by Crippen LogP contribution is 2.31. The Morgan fingerprint density at radius 1 is 1.26 bits per heavy atom. The Morgan fingerprint density at radius 3 is 2.61 bits per heavy atom. The topological polar surface area (TPSA) is 142 Å². The van der Waals surface area contributed by atoms with Crippen molar-refractivity contribution in [2.75, 3.05) is 5.73 Å². The molecule has 10 nitrogen and oxygen atoms in total. The van der Waals surface area contributed by atoms with Gasteiger partial charge in [-0.2, -0.15) is 18.0 Å². The van der Waals surface area contributed by atoms with Crippen LogP contribution in [0.5, 0.6) is 0 Å². The second-order valence-corrected chi connectivity index (χ2v) is 7.17. The lowest BCUT2D eigenvalue weighted by atomic mass is 10.1. The van der Waals surface area contributed by atoms with E-state index in [0.29, 0.717) is 0 Å². The highest BCUT2D eigenvalue weighted by molar-refractivity contribution is 5.99. The predicted molar refractivity (Wildman–Crippen MR) is 103 cm³/mol. The third-order valence-electron chi connectivity index (χ3n) is 4.25. The third-order valence-corrected chi connectivity index (χ3v) is 4.25. The average molecular weight is 437 g/mol. The maximum Gasteiger partial charge on any atom is 0.416 e. The molecule has 0 atom stereocenters. The number of anilines is 1. The second kappa shape index (κ2) is 8.16. The van der Waals surface area contributed by atoms with Gasteiger partial charge in [-0.05, 0) is 23.3 Å². The Labute approximate surface area is 172 Å². The van der Waals surface area contributed by atoms with E-state index >= 15 is 0 Å². The summed E-state index contributed by atoms with van der Waals surface area (Å²) < 4.78 is 39.8. The lowest BCUT2D eigenvalue weighted by molar-refractivity contribution is -0.137. The van der Waals surface area contributed by atoms with E-state index < -0.39 is 40.9 Å². The zero-order chi connectivity index (χ0) is 22.9. The number of carbonyl (C=O) groups is 1. The SMILES string of the molecule is CC(C)Cn1c(N)c(C(=O)Cn2nnc(-c3cccc(C(F)(F)F)c3)n2)c(=O)[nH]c1=O. The number of H-pyrrole nitrogens is 1. The van der Waals surface area contributed by atoms with Crippen LogP contribution in [-0.2, 0) is 19.3 Å². The molecule has 0 aliphatic heterocycles. The van der Waals surface area contributed by atoms with Crippen molar-refractivity contribution in [3.63, 3.8) is 0 Å². The lowest BCUT2D eigenvalue weighted by Crippen LogP contribution is -2.37. The molecule has 164 valence electrons. The van der Waals surface area contributed by atoms with Gasteiger partial charge in [0.2, 0.25) is 5.82 Å². The van der Waals surface area contributed by atoms with E-state index in [9.17, 15) is 27.6 Å². The number of ketones is 1. The second-order valence-electron chi connectivity index (χ2n) is 7.17. The van der Waals surface area contributed by atoms with Gasteiger partial charge in [-0.1, -0.05) is 26.0 Å². The van der Waals surface area contributed by atoms with Crippen molar-refractivity contribution >= 4 is 11.6 Å². The molecule has 0 unspecified atom stereocenters. The van der Waals surface area contributed by atoms with E-state index in [2.05, 4.69) is 20.4 Å². The van der Waals surface area contributed by atoms with Crippen molar-refractivity contribution in [3.8, 4) is 11.4 Å². The molecule has 13 heteroatoms. The first-order valence-corrected chi connectivity index (χ1v) is 9.08. The number of hydrogen-bond acceptors (Lipinski definition) is 7. The summed E-state index contributed by atoms with van der Waals surface area (Å²) in [6.07, 6.45) is -4.54. The fourth-order valence-corrected chi connectivity index (χ4v) is 2.87. The summed E-state index contributed by atoms with van der Waals surface area (Å²) in [6.45, 7) is 3.28. The van der Waals surface area contributed by atoms with Crippen molar-refractivity contribution in [2.45, 2.75) is 33.1 Å². The molecule has 3 rings (SSSR count). The van der Waals surface area contributed by atoms with Gasteiger partial charge in [0, 0.05) is 12.1 Å².